The minimum Gasteiger partial charge on any atom is -0.358 e. The van der Waals surface area contributed by atoms with Gasteiger partial charge in [-0.3, -0.25) is 4.57 Å². The van der Waals surface area contributed by atoms with Crippen LogP contribution in [0.25, 0.3) is 72.2 Å². The van der Waals surface area contributed by atoms with Crippen LogP contribution in [-0.2, 0) is 0 Å². The molecule has 8 rings (SSSR count). The lowest BCUT2D eigenvalue weighted by molar-refractivity contribution is 1.13. The Balaban J connectivity index is 1.36. The molecule has 4 heteroatoms. The molecule has 0 aliphatic rings. The van der Waals surface area contributed by atoms with Gasteiger partial charge in [-0.15, -0.1) is 0 Å². The fourth-order valence-electron chi connectivity index (χ4n) is 6.17. The Morgan fingerprint density at radius 3 is 2.24 bits per heavy atom. The Kier molecular flexibility index (Phi) is 5.54. The topological polar surface area (TPSA) is 46.5 Å². The molecule has 4 aromatic heterocycles. The third-order valence-electron chi connectivity index (χ3n) is 8.39. The summed E-state index contributed by atoms with van der Waals surface area (Å²) in [6, 6.07) is 42.7. The highest BCUT2D eigenvalue weighted by Gasteiger charge is 2.16. The number of nitrogens with zero attached hydrogens (tertiary/aromatic N) is 3. The van der Waals surface area contributed by atoms with Crippen LogP contribution >= 0.6 is 0 Å². The molecule has 0 aliphatic carbocycles. The van der Waals surface area contributed by atoms with Crippen molar-refractivity contribution in [3.05, 3.63) is 139 Å². The van der Waals surface area contributed by atoms with Gasteiger partial charge in [-0.2, -0.15) is 0 Å². The summed E-state index contributed by atoms with van der Waals surface area (Å²) in [5.41, 5.74) is 13.1. The zero-order chi connectivity index (χ0) is 28.2. The van der Waals surface area contributed by atoms with Crippen molar-refractivity contribution in [3.8, 4) is 39.3 Å². The molecule has 0 spiro atoms. The van der Waals surface area contributed by atoms with Crippen molar-refractivity contribution in [2.75, 3.05) is 0 Å². The molecule has 0 bridgehead atoms. The van der Waals surface area contributed by atoms with Crippen LogP contribution in [0, 0.1) is 13.8 Å². The number of aromatic amines is 1. The van der Waals surface area contributed by atoms with Crippen LogP contribution < -0.4 is 0 Å². The van der Waals surface area contributed by atoms with Crippen LogP contribution in [0.15, 0.2) is 128 Å². The molecule has 1 N–H and O–H groups in total. The Hall–Kier alpha value is -5.48. The molecule has 0 radical (unpaired) electrons. The molecule has 0 saturated heterocycles. The number of para-hydroxylation sites is 2. The van der Waals surface area contributed by atoms with Crippen LogP contribution in [0.1, 0.15) is 11.3 Å². The van der Waals surface area contributed by atoms with Crippen molar-refractivity contribution in [1.29, 1.82) is 0 Å². The van der Waals surface area contributed by atoms with Crippen molar-refractivity contribution in [2.45, 2.75) is 13.8 Å². The number of nitrogens with one attached hydrogen (secondary N) is 1. The summed E-state index contributed by atoms with van der Waals surface area (Å²) in [5, 5.41) is 3.58. The third kappa shape index (κ3) is 3.84. The summed E-state index contributed by atoms with van der Waals surface area (Å²) in [6.45, 7) is 4.31. The third-order valence-corrected chi connectivity index (χ3v) is 8.39. The average Bonchev–Trinajstić information content (AvgIpc) is 3.54. The fourth-order valence-corrected chi connectivity index (χ4v) is 6.17. The summed E-state index contributed by atoms with van der Waals surface area (Å²) in [4.78, 5) is 13.7. The average molecular weight is 541 g/mol. The second-order valence-electron chi connectivity index (χ2n) is 10.9. The minimum absolute atomic E-state index is 0.930. The van der Waals surface area contributed by atoms with Crippen LogP contribution in [-0.4, -0.2) is 19.5 Å². The second-order valence-corrected chi connectivity index (χ2v) is 10.9. The quantitative estimate of drug-likeness (QED) is 0.241. The predicted molar refractivity (Wildman–Crippen MR) is 174 cm³/mol. The van der Waals surface area contributed by atoms with Gasteiger partial charge in [-0.1, -0.05) is 78.9 Å². The first-order chi connectivity index (χ1) is 20.7. The number of aromatic nitrogens is 4. The molecular weight excluding hydrogens is 512 g/mol. The van der Waals surface area contributed by atoms with Gasteiger partial charge in [0.2, 0.25) is 0 Å². The molecule has 0 saturated carbocycles. The number of pyridine rings is 2. The van der Waals surface area contributed by atoms with Gasteiger partial charge in [0.25, 0.3) is 0 Å². The summed E-state index contributed by atoms with van der Waals surface area (Å²) in [5.74, 6) is 0. The molecule has 8 aromatic rings. The normalized spacial score (nSPS) is 11.6. The number of benzene rings is 4. The SMILES string of the molecule is Cc1[nH]c2c(-c3cc(-c4ccccc4)cc(-c4cccc(-n5c6ccccc6c6cccnc65)c4)n3)cccc2c1C. The number of H-pyrrole nitrogens is 1. The summed E-state index contributed by atoms with van der Waals surface area (Å²) < 4.78 is 2.25. The standard InChI is InChI=1S/C38H28N4/c1-24-25(2)40-37-30(24)16-9-17-33(37)35-23-28(26-11-4-3-5-12-26)22-34(41-35)27-13-8-14-29(21-27)42-36-19-7-6-15-31(36)32-18-10-20-39-38(32)42/h3-23,40H,1-2H3. The molecule has 0 unspecified atom stereocenters. The maximum absolute atomic E-state index is 5.29. The monoisotopic (exact) mass is 540 g/mol. The number of aryl methyl sites for hydroxylation is 2. The zero-order valence-corrected chi connectivity index (χ0v) is 23.5. The summed E-state index contributed by atoms with van der Waals surface area (Å²) in [7, 11) is 0. The van der Waals surface area contributed by atoms with E-state index >= 15 is 0 Å². The maximum atomic E-state index is 5.29. The lowest BCUT2D eigenvalue weighted by atomic mass is 9.98. The first-order valence-corrected chi connectivity index (χ1v) is 14.3. The first kappa shape index (κ1) is 24.3. The largest absolute Gasteiger partial charge is 0.358 e. The molecule has 4 aromatic carbocycles. The van der Waals surface area contributed by atoms with E-state index in [2.05, 4.69) is 139 Å². The van der Waals surface area contributed by atoms with Crippen molar-refractivity contribution in [1.82, 2.24) is 19.5 Å². The fraction of sp³-hybridized carbons (Fsp3) is 0.0526. The van der Waals surface area contributed by atoms with Gasteiger partial charge in [0.1, 0.15) is 5.65 Å². The van der Waals surface area contributed by atoms with Gasteiger partial charge in [0.05, 0.1) is 22.4 Å². The smallest absolute Gasteiger partial charge is 0.145 e. The van der Waals surface area contributed by atoms with Crippen molar-refractivity contribution >= 4 is 32.8 Å². The Bertz CT molecular complexity index is 2220. The van der Waals surface area contributed by atoms with E-state index in [1.54, 1.807) is 0 Å². The van der Waals surface area contributed by atoms with E-state index in [9.17, 15) is 0 Å². The minimum atomic E-state index is 0.930. The predicted octanol–water partition coefficient (Wildman–Crippen LogP) is 9.67. The molecule has 4 nitrogen and oxygen atoms in total. The van der Waals surface area contributed by atoms with Crippen molar-refractivity contribution < 1.29 is 0 Å². The Morgan fingerprint density at radius 1 is 0.595 bits per heavy atom. The van der Waals surface area contributed by atoms with Gasteiger partial charge < -0.3 is 4.98 Å². The van der Waals surface area contributed by atoms with Gasteiger partial charge in [0, 0.05) is 44.9 Å². The lowest BCUT2D eigenvalue weighted by Crippen LogP contribution is -1.97. The number of rotatable bonds is 4. The van der Waals surface area contributed by atoms with E-state index < -0.39 is 0 Å². The molecule has 0 fully saturated rings. The van der Waals surface area contributed by atoms with E-state index in [1.807, 2.05) is 12.3 Å². The summed E-state index contributed by atoms with van der Waals surface area (Å²) in [6.07, 6.45) is 1.86. The van der Waals surface area contributed by atoms with E-state index in [0.29, 0.717) is 0 Å². The molecule has 200 valence electrons. The molecule has 0 amide bonds. The molecule has 0 atom stereocenters. The maximum Gasteiger partial charge on any atom is 0.145 e. The number of fused-ring (bicyclic) bond motifs is 4. The van der Waals surface area contributed by atoms with E-state index in [4.69, 9.17) is 9.97 Å². The molecular formula is C38H28N4. The highest BCUT2D eigenvalue weighted by molar-refractivity contribution is 6.07. The van der Waals surface area contributed by atoms with E-state index in [0.717, 1.165) is 61.4 Å². The zero-order valence-electron chi connectivity index (χ0n) is 23.5. The molecule has 42 heavy (non-hydrogen) atoms. The number of hydrogen-bond acceptors (Lipinski definition) is 2. The van der Waals surface area contributed by atoms with E-state index in [1.165, 1.54) is 22.0 Å². The van der Waals surface area contributed by atoms with Crippen molar-refractivity contribution in [2.24, 2.45) is 0 Å². The molecule has 0 aliphatic heterocycles. The lowest BCUT2D eigenvalue weighted by Gasteiger charge is -2.13. The van der Waals surface area contributed by atoms with Gasteiger partial charge in [0.15, 0.2) is 0 Å². The highest BCUT2D eigenvalue weighted by Crippen LogP contribution is 2.36. The molecule has 4 heterocycles. The number of hydrogen-bond donors (Lipinski definition) is 1. The van der Waals surface area contributed by atoms with E-state index in [-0.39, 0.29) is 0 Å². The highest BCUT2D eigenvalue weighted by atomic mass is 15.0. The Labute approximate surface area is 244 Å². The van der Waals surface area contributed by atoms with Crippen molar-refractivity contribution in [3.63, 3.8) is 0 Å². The van der Waals surface area contributed by atoms with Gasteiger partial charge in [-0.05, 0) is 73.0 Å². The summed E-state index contributed by atoms with van der Waals surface area (Å²) >= 11 is 0. The van der Waals surface area contributed by atoms with Gasteiger partial charge in [-0.25, -0.2) is 9.97 Å². The van der Waals surface area contributed by atoms with Crippen LogP contribution in [0.2, 0.25) is 0 Å². The van der Waals surface area contributed by atoms with Crippen LogP contribution in [0.3, 0.4) is 0 Å². The van der Waals surface area contributed by atoms with Crippen LogP contribution in [0.5, 0.6) is 0 Å². The first-order valence-electron chi connectivity index (χ1n) is 14.3. The van der Waals surface area contributed by atoms with Gasteiger partial charge >= 0.3 is 0 Å². The second kappa shape index (κ2) is 9.57. The van der Waals surface area contributed by atoms with Crippen LogP contribution in [0.4, 0.5) is 0 Å². The Morgan fingerprint density at radius 2 is 1.33 bits per heavy atom.